The fourth-order valence-corrected chi connectivity index (χ4v) is 24.4. The van der Waals surface area contributed by atoms with Gasteiger partial charge in [-0.25, -0.2) is 0 Å². The van der Waals surface area contributed by atoms with Crippen LogP contribution in [0.5, 0.6) is 0 Å². The van der Waals surface area contributed by atoms with Gasteiger partial charge in [0.1, 0.15) is 22.4 Å². The molecule has 0 aromatic carbocycles. The zero-order chi connectivity index (χ0) is 64.2. The van der Waals surface area contributed by atoms with E-state index >= 15 is 0 Å². The van der Waals surface area contributed by atoms with Crippen molar-refractivity contribution in [3.05, 3.63) is 50.8 Å². The summed E-state index contributed by atoms with van der Waals surface area (Å²) in [7, 11) is 0. The summed E-state index contributed by atoms with van der Waals surface area (Å²) in [4.78, 5) is 27.4. The van der Waals surface area contributed by atoms with Crippen molar-refractivity contribution in [2.75, 3.05) is 28.7 Å². The molecule has 486 valence electrons. The third-order valence-electron chi connectivity index (χ3n) is 27.9. The molecule has 15 nitrogen and oxygen atoms in total. The number of carbonyl (C=O) groups is 2. The predicted molar refractivity (Wildman–Crippen MR) is 372 cm³/mol. The Hall–Kier alpha value is -2.16. The Labute approximate surface area is 566 Å². The van der Waals surface area contributed by atoms with E-state index in [0.29, 0.717) is 82.1 Å². The van der Waals surface area contributed by atoms with Crippen molar-refractivity contribution in [1.82, 2.24) is 40.8 Å². The largest absolute Gasteiger partial charge is 0.374 e. The van der Waals surface area contributed by atoms with Gasteiger partial charge >= 0.3 is 50.5 Å². The molecule has 4 aromatic rings. The van der Waals surface area contributed by atoms with Crippen molar-refractivity contribution in [2.45, 2.75) is 230 Å². The average molecular weight is 1600 g/mol. The first kappa shape index (κ1) is 67.3. The maximum absolute atomic E-state index is 14.4. The van der Waals surface area contributed by atoms with Crippen LogP contribution in [0, 0.1) is 89.7 Å². The van der Waals surface area contributed by atoms with E-state index in [2.05, 4.69) is 187 Å². The number of nitrogens with one attached hydrogen (secondary N) is 2. The Kier molecular flexibility index (Phi) is 17.4. The third kappa shape index (κ3) is 10.2. The molecule has 6 unspecified atom stereocenters. The van der Waals surface area contributed by atoms with Gasteiger partial charge in [-0.3, -0.25) is 19.8 Å². The molecule has 10 aliphatic carbocycles. The molecule has 88 heavy (non-hydrogen) atoms. The number of H-pyrrole nitrogens is 2. The van der Waals surface area contributed by atoms with Crippen molar-refractivity contribution < 1.29 is 22.8 Å². The number of anilines is 5. The van der Waals surface area contributed by atoms with Crippen LogP contribution in [-0.4, -0.2) is 51.8 Å². The van der Waals surface area contributed by atoms with Crippen molar-refractivity contribution in [3.63, 3.8) is 0 Å². The molecule has 10 aliphatic rings. The molecule has 0 radical (unpaired) electrons. The second-order valence-electron chi connectivity index (χ2n) is 33.4. The summed E-state index contributed by atoms with van der Waals surface area (Å²) >= 11 is 14.3. The van der Waals surface area contributed by atoms with Crippen molar-refractivity contribution in [2.24, 2.45) is 89.7 Å². The maximum Gasteiger partial charge on any atom is 0.204 e. The Morgan fingerprint density at radius 2 is 0.943 bits per heavy atom. The Morgan fingerprint density at radius 1 is 0.557 bits per heavy atom. The minimum absolute atomic E-state index is 0.00872. The number of Topliss-reactive ketones (excluding diaryl/α,β-unsaturated/α-hetero) is 1. The first-order valence-corrected chi connectivity index (χ1v) is 47.1. The number of hydrogen-bond donors (Lipinski definition) is 7. The standard InChI is InChI=1S/C34H50N6OS.C31H46ClN3O.C2H4N4S.I3/c1-29(2)12-14-34(24(41)16-25-37-40-28(36)42-25)15-13-32(6)20(21(34)18-29)8-9-23-31(5)17-19-26(38-39-27(19)35)30(3,4)22(31)10-11-33(23,32)7;1-26(2)12-14-31(25(32)36)15-13-29(6)19(20(31)17-26)8-9-22-28(5)16-18-23(34-35-24(18)33)27(3,4)21(28)10-11-30(22,29)7;3-1-5-6-2(4)7-1;1-3-2/h8,21-23H,9-18H2,1-7H3,(H2,36,40)(H3,35,38,39);8,20-22H,9-17H2,1-7H3,(H3,33,34,35);(H2,3,5)(H2,4,6);/q;;;-1/t21?,22?,23?,31-,32+,33+,34-;20?,21?,22?,28-,29+,30+,31-;;/m00../s1. The second kappa shape index (κ2) is 22.8. The maximum atomic E-state index is 14.4. The molecule has 14 rings (SSSR count). The number of nitrogens with two attached hydrogens (primary N) is 5. The van der Waals surface area contributed by atoms with E-state index < -0.39 is 0 Å². The summed E-state index contributed by atoms with van der Waals surface area (Å²) in [5, 5.41) is 32.7. The van der Waals surface area contributed by atoms with Crippen LogP contribution < -0.4 is 41.9 Å². The number of ketones is 1. The van der Waals surface area contributed by atoms with Crippen molar-refractivity contribution in [1.29, 1.82) is 0 Å². The number of aromatic nitrogens is 8. The SMILES string of the molecule is CC1(C)CC[C@]2(C(=O)Cc3nnc(N)s3)CC[C@]3(C)C(=CCC4[C@@]5(C)Cc6c(N)n[nH]c6C(C)(C)C5CC[C@]43C)C2C1.CC1(C)CC[C@]2(C(=O)Cl)CC[C@]3(C)C(=CCC4[C@@]5(C)Cc6c(N)n[nH]c6C(C)(C)C5CC[C@]43C)C2C1.I[I-]I.Nc1nnc(N)s1. The minimum Gasteiger partial charge on any atom is -0.374 e. The summed E-state index contributed by atoms with van der Waals surface area (Å²) in [6.45, 7) is 34.8. The van der Waals surface area contributed by atoms with E-state index in [9.17, 15) is 9.59 Å². The van der Waals surface area contributed by atoms with Gasteiger partial charge in [0.05, 0.1) is 11.8 Å². The molecular formula is C67H100ClI3N13O2S2-. The molecule has 0 spiro atoms. The van der Waals surface area contributed by atoms with E-state index in [4.69, 9.17) is 40.3 Å². The fourth-order valence-electron chi connectivity index (χ4n) is 23.1. The zero-order valence-corrected chi connectivity index (χ0v) is 63.6. The number of rotatable bonds is 4. The van der Waals surface area contributed by atoms with E-state index in [0.717, 1.165) is 94.9 Å². The number of nitrogen functional groups attached to an aromatic ring is 5. The van der Waals surface area contributed by atoms with Gasteiger partial charge in [0.15, 0.2) is 0 Å². The Morgan fingerprint density at radius 3 is 1.34 bits per heavy atom. The predicted octanol–water partition coefficient (Wildman–Crippen LogP) is 13.1. The summed E-state index contributed by atoms with van der Waals surface area (Å²) < 4.78 is 0. The summed E-state index contributed by atoms with van der Waals surface area (Å²) in [5.41, 5.74) is 38.0. The smallest absolute Gasteiger partial charge is 0.204 e. The minimum atomic E-state index is -0.361. The Bertz CT molecular complexity index is 3430. The quantitative estimate of drug-likeness (QED) is 0.0570. The molecule has 14 atom stereocenters. The second-order valence-corrected chi connectivity index (χ2v) is 52.1. The van der Waals surface area contributed by atoms with Crippen molar-refractivity contribution in [3.8, 4) is 0 Å². The molecule has 0 bridgehead atoms. The molecule has 12 N–H and O–H groups in total. The third-order valence-corrected chi connectivity index (χ3v) is 29.7. The first-order valence-electron chi connectivity index (χ1n) is 32.5. The van der Waals surface area contributed by atoms with Crippen LogP contribution in [0.3, 0.4) is 0 Å². The van der Waals surface area contributed by atoms with Gasteiger partial charge in [0, 0.05) is 38.8 Å². The Balaban J connectivity index is 0.000000159. The zero-order valence-electron chi connectivity index (χ0n) is 54.8. The number of aromatic amines is 2. The normalized spacial score (nSPS) is 39.7. The molecule has 6 fully saturated rings. The van der Waals surface area contributed by atoms with Crippen LogP contribution >= 0.6 is 71.5 Å². The van der Waals surface area contributed by atoms with Crippen LogP contribution in [0.25, 0.3) is 0 Å². The number of fused-ring (bicyclic) bond motifs is 16. The van der Waals surface area contributed by atoms with E-state index in [-0.39, 0.29) is 76.1 Å². The monoisotopic (exact) mass is 1600 g/mol. The molecule has 4 aromatic heterocycles. The average Bonchev–Trinajstić information content (AvgIpc) is 1.33. The topological polar surface area (TPSA) is 273 Å². The van der Waals surface area contributed by atoms with E-state index in [1.165, 1.54) is 70.9 Å². The number of nitrogens with zero attached hydrogens (tertiary/aromatic N) is 6. The molecule has 21 heteroatoms. The summed E-state index contributed by atoms with van der Waals surface area (Å²) in [6.07, 6.45) is 25.1. The van der Waals surface area contributed by atoms with E-state index in [1.54, 1.807) is 11.1 Å². The summed E-state index contributed by atoms with van der Waals surface area (Å²) in [5.74, 6) is 4.62. The van der Waals surface area contributed by atoms with Gasteiger partial charge in [0.25, 0.3) is 0 Å². The van der Waals surface area contributed by atoms with Gasteiger partial charge in [-0.15, -0.1) is 20.4 Å². The molecule has 0 amide bonds. The summed E-state index contributed by atoms with van der Waals surface area (Å²) in [6, 6.07) is 0. The number of carbonyl (C=O) groups excluding carboxylic acids is 2. The van der Waals surface area contributed by atoms with Crippen LogP contribution in [0.15, 0.2) is 23.3 Å². The number of halogens is 4. The van der Waals surface area contributed by atoms with Gasteiger partial charge in [0.2, 0.25) is 20.6 Å². The van der Waals surface area contributed by atoms with Gasteiger partial charge < -0.3 is 28.7 Å². The van der Waals surface area contributed by atoms with Gasteiger partial charge in [-0.2, -0.15) is 10.2 Å². The molecule has 0 aliphatic heterocycles. The number of allylic oxidation sites excluding steroid dienone is 4. The molecule has 6 saturated carbocycles. The molecule has 0 saturated heterocycles. The van der Waals surface area contributed by atoms with Crippen LogP contribution in [0.4, 0.5) is 27.0 Å². The van der Waals surface area contributed by atoms with E-state index in [1.807, 2.05) is 0 Å². The number of hydrogen-bond acceptors (Lipinski definition) is 15. The van der Waals surface area contributed by atoms with Gasteiger partial charge in [-0.05, 0) is 206 Å². The fraction of sp³-hybridized carbons (Fsp3) is 0.761. The van der Waals surface area contributed by atoms with Crippen LogP contribution in [0.2, 0.25) is 0 Å². The molecule has 4 heterocycles. The van der Waals surface area contributed by atoms with Crippen LogP contribution in [-0.2, 0) is 39.7 Å². The van der Waals surface area contributed by atoms with Crippen molar-refractivity contribution >= 4 is 110 Å². The van der Waals surface area contributed by atoms with Gasteiger partial charge in [-0.1, -0.05) is 143 Å². The molecular weight excluding hydrogens is 1500 g/mol. The first-order chi connectivity index (χ1) is 40.9. The van der Waals surface area contributed by atoms with Crippen LogP contribution in [0.1, 0.15) is 227 Å².